The minimum atomic E-state index is -0.655. The van der Waals surface area contributed by atoms with Crippen molar-refractivity contribution in [2.45, 2.75) is 93.9 Å². The first-order chi connectivity index (χ1) is 38.3. The van der Waals surface area contributed by atoms with Crippen LogP contribution < -0.4 is 30.5 Å². The van der Waals surface area contributed by atoms with Crippen LogP contribution in [-0.2, 0) is 37.6 Å². The SMILES string of the molecule is C#Cc1c(F)ccc2cccc(-c3ncc4c(N5CC6CCC(C5)N6)nc(OCC56CCC(COC(=O)N7CC[CH-]CC7)N5CC(=C)C6)nc4c3F)c12.Cn1nc(N2CCC(=O)NC2=O)c2ccc(NC3CCN(O)CC3)cc21.[W]. The number of carbonyl (C=O) groups is 3. The van der Waals surface area contributed by atoms with E-state index in [-0.39, 0.29) is 80.5 Å². The van der Waals surface area contributed by atoms with Crippen LogP contribution in [0.1, 0.15) is 69.8 Å². The number of nitrogens with one attached hydrogen (secondary N) is 3. The van der Waals surface area contributed by atoms with E-state index in [1.165, 1.54) is 16.0 Å². The number of terminal acetylenes is 1. The maximum Gasteiger partial charge on any atom is 0.409 e. The molecule has 7 saturated heterocycles. The zero-order valence-corrected chi connectivity index (χ0v) is 47.6. The van der Waals surface area contributed by atoms with Gasteiger partial charge in [-0.15, -0.1) is 6.42 Å². The van der Waals surface area contributed by atoms with Gasteiger partial charge in [0, 0.05) is 126 Å². The molecule has 0 spiro atoms. The van der Waals surface area contributed by atoms with Crippen molar-refractivity contribution in [2.75, 3.05) is 80.7 Å². The zero-order chi connectivity index (χ0) is 54.5. The molecule has 19 nitrogen and oxygen atoms in total. The Labute approximate surface area is 476 Å². The number of hydrogen-bond acceptors (Lipinski definition) is 15. The van der Waals surface area contributed by atoms with E-state index < -0.39 is 17.7 Å². The number of urea groups is 1. The van der Waals surface area contributed by atoms with Crippen LogP contribution in [0.3, 0.4) is 0 Å². The number of nitrogens with zero attached hydrogens (tertiary/aromatic N) is 10. The molecule has 2 bridgehead atoms. The van der Waals surface area contributed by atoms with Crippen LogP contribution in [0.5, 0.6) is 6.01 Å². The van der Waals surface area contributed by atoms with Gasteiger partial charge in [-0.05, 0) is 87.7 Å². The number of fused-ring (bicyclic) bond motifs is 6. The van der Waals surface area contributed by atoms with Crippen LogP contribution in [0.15, 0.2) is 66.9 Å². The van der Waals surface area contributed by atoms with Gasteiger partial charge in [0.05, 0.1) is 22.0 Å². The zero-order valence-electron chi connectivity index (χ0n) is 44.6. The molecule has 4 amide bonds. The Balaban J connectivity index is 0.000000210. The molecule has 10 heterocycles. The first kappa shape index (κ1) is 55.1. The summed E-state index contributed by atoms with van der Waals surface area (Å²) in [5.74, 6) is 2.12. The number of imide groups is 1. The summed E-state index contributed by atoms with van der Waals surface area (Å²) in [4.78, 5) is 58.4. The van der Waals surface area contributed by atoms with Crippen LogP contribution >= 0.6 is 0 Å². The van der Waals surface area contributed by atoms with Crippen LogP contribution in [0.4, 0.5) is 35.7 Å². The summed E-state index contributed by atoms with van der Waals surface area (Å²) in [5.41, 5.74) is 3.15. The maximum absolute atomic E-state index is 17.0. The molecule has 0 aliphatic carbocycles. The number of piperidine rings is 2. The number of hydroxylamine groups is 2. The number of amides is 4. The van der Waals surface area contributed by atoms with Gasteiger partial charge in [-0.3, -0.25) is 29.6 Å². The molecule has 6 aromatic rings. The van der Waals surface area contributed by atoms with Crippen molar-refractivity contribution < 1.29 is 58.9 Å². The van der Waals surface area contributed by atoms with Crippen molar-refractivity contribution in [1.82, 2.24) is 50.2 Å². The van der Waals surface area contributed by atoms with Crippen molar-refractivity contribution in [3.63, 3.8) is 0 Å². The number of anilines is 3. The fourth-order valence-electron chi connectivity index (χ4n) is 12.9. The van der Waals surface area contributed by atoms with E-state index in [0.717, 1.165) is 80.0 Å². The summed E-state index contributed by atoms with van der Waals surface area (Å²) in [5, 5.41) is 27.3. The van der Waals surface area contributed by atoms with Gasteiger partial charge in [0.25, 0.3) is 0 Å². The predicted octanol–water partition coefficient (Wildman–Crippen LogP) is 7.31. The third kappa shape index (κ3) is 10.8. The van der Waals surface area contributed by atoms with Crippen molar-refractivity contribution >= 4 is 67.9 Å². The molecule has 3 aromatic heterocycles. The number of aryl methyl sites for hydroxylation is 1. The number of hydrogen-bond donors (Lipinski definition) is 4. The number of benzene rings is 3. The minimum Gasteiger partial charge on any atom is -0.461 e. The molecule has 13 rings (SSSR count). The van der Waals surface area contributed by atoms with Gasteiger partial charge in [-0.2, -0.15) is 33.0 Å². The number of ether oxygens (including phenoxy) is 2. The smallest absolute Gasteiger partial charge is 0.409 e. The van der Waals surface area contributed by atoms with Crippen LogP contribution in [0.25, 0.3) is 43.8 Å². The summed E-state index contributed by atoms with van der Waals surface area (Å²) in [6.45, 7) is 10.0. The summed E-state index contributed by atoms with van der Waals surface area (Å²) in [6, 6.07) is 14.8. The van der Waals surface area contributed by atoms with Gasteiger partial charge in [0.1, 0.15) is 36.1 Å². The van der Waals surface area contributed by atoms with Crippen molar-refractivity contribution in [3.05, 3.63) is 90.5 Å². The quantitative estimate of drug-likeness (QED) is 0.0605. The van der Waals surface area contributed by atoms with E-state index in [0.29, 0.717) is 110 Å². The van der Waals surface area contributed by atoms with E-state index in [1.54, 1.807) is 34.0 Å². The second-order valence-corrected chi connectivity index (χ2v) is 22.0. The van der Waals surface area contributed by atoms with E-state index in [4.69, 9.17) is 25.9 Å². The number of rotatable bonds is 10. The fourth-order valence-corrected chi connectivity index (χ4v) is 12.9. The summed E-state index contributed by atoms with van der Waals surface area (Å²) in [7, 11) is 1.84. The predicted molar refractivity (Wildman–Crippen MR) is 295 cm³/mol. The van der Waals surface area contributed by atoms with Gasteiger partial charge in [0.15, 0.2) is 11.6 Å². The third-order valence-corrected chi connectivity index (χ3v) is 16.8. The molecular formula is C58H64F2N13O6W-. The largest absolute Gasteiger partial charge is 0.461 e. The molecule has 0 radical (unpaired) electrons. The number of likely N-dealkylation sites (tertiary alicyclic amines) is 1. The average molecular weight is 1260 g/mol. The first-order valence-electron chi connectivity index (χ1n) is 27.4. The number of halogens is 2. The molecule has 4 unspecified atom stereocenters. The second kappa shape index (κ2) is 23.0. The molecule has 418 valence electrons. The van der Waals surface area contributed by atoms with Gasteiger partial charge in [-0.1, -0.05) is 42.3 Å². The van der Waals surface area contributed by atoms with Crippen LogP contribution in [0.2, 0.25) is 0 Å². The Morgan fingerprint density at radius 1 is 0.988 bits per heavy atom. The average Bonchev–Trinajstić information content (AvgIpc) is 4.19. The maximum atomic E-state index is 17.0. The van der Waals surface area contributed by atoms with E-state index in [2.05, 4.69) is 54.8 Å². The normalized spacial score (nSPS) is 23.4. The Kier molecular flexibility index (Phi) is 15.8. The van der Waals surface area contributed by atoms with Gasteiger partial charge in [0.2, 0.25) is 5.91 Å². The number of carbonyl (C=O) groups excluding carboxylic acids is 3. The monoisotopic (exact) mass is 1260 g/mol. The van der Waals surface area contributed by atoms with Crippen molar-refractivity contribution in [3.8, 4) is 29.6 Å². The number of piperazine rings is 1. The third-order valence-electron chi connectivity index (χ3n) is 16.8. The second-order valence-electron chi connectivity index (χ2n) is 22.0. The summed E-state index contributed by atoms with van der Waals surface area (Å²) >= 11 is 0. The van der Waals surface area contributed by atoms with Crippen molar-refractivity contribution in [1.29, 1.82) is 0 Å². The molecule has 7 aliphatic rings. The topological polar surface area (TPSA) is 199 Å². The fraction of sp³-hybridized carbons (Fsp3) is 0.448. The molecule has 0 saturated carbocycles. The van der Waals surface area contributed by atoms with E-state index in [1.807, 2.05) is 31.3 Å². The van der Waals surface area contributed by atoms with Crippen LogP contribution in [-0.4, -0.2) is 158 Å². The van der Waals surface area contributed by atoms with E-state index >= 15 is 4.39 Å². The van der Waals surface area contributed by atoms with Gasteiger partial charge >= 0.3 is 18.1 Å². The van der Waals surface area contributed by atoms with Gasteiger partial charge in [-0.25, -0.2) is 18.4 Å². The molecule has 4 atom stereocenters. The minimum absolute atomic E-state index is 0. The Bertz CT molecular complexity index is 3420. The first-order valence-corrected chi connectivity index (χ1v) is 27.4. The van der Waals surface area contributed by atoms with Crippen LogP contribution in [0, 0.1) is 30.4 Å². The molecular weight excluding hydrogens is 1200 g/mol. The number of pyridine rings is 1. The Morgan fingerprint density at radius 3 is 2.54 bits per heavy atom. The molecule has 22 heteroatoms. The molecule has 7 fully saturated rings. The molecule has 3 aromatic carbocycles. The molecule has 7 aliphatic heterocycles. The number of aromatic nitrogens is 5. The summed E-state index contributed by atoms with van der Waals surface area (Å²) < 4.78 is 46.0. The standard InChI is InChI=1S/C41H42F2N7O3.C17H22N6O3.W/c1-3-30-33(42)13-10-26-8-7-9-31(34(26)30)36-35(43)37-32(19-44-36)38(49-21-27-11-12-28(22-49)45-27)47-39(46-37)53-24-41-15-14-29(50(41)20-25(2)18-41)23-52-40(51)48-16-5-4-6-17-48;1-21-14-10-12(18-11-4-7-22(26)8-5-11)2-3-13(14)16(20-21)23-9-6-15(24)19-17(23)25;/h1,4,7-10,13,19,27-29,45H,2,5-6,11-12,14-18,20-24H2;2-3,10-11,18,26H,4-9H2,1H3,(H,19,24,25);/q-1;;. The Morgan fingerprint density at radius 2 is 1.77 bits per heavy atom. The van der Waals surface area contributed by atoms with Crippen molar-refractivity contribution in [2.24, 2.45) is 7.05 Å². The molecule has 4 N–H and O–H groups in total. The summed E-state index contributed by atoms with van der Waals surface area (Å²) in [6.07, 6.45) is 17.6. The Hall–Kier alpha value is -6.82. The van der Waals surface area contributed by atoms with Gasteiger partial charge < -0.3 is 41.5 Å². The van der Waals surface area contributed by atoms with E-state index in [9.17, 15) is 24.0 Å². The molecule has 80 heavy (non-hydrogen) atoms.